The van der Waals surface area contributed by atoms with Gasteiger partial charge in [0.05, 0.1) is 25.9 Å². The number of benzene rings is 2. The number of thiophene rings is 1. The highest BCUT2D eigenvalue weighted by Crippen LogP contribution is 2.62. The number of ether oxygens (including phenoxy) is 2. The van der Waals surface area contributed by atoms with Crippen molar-refractivity contribution in [3.63, 3.8) is 0 Å². The fourth-order valence-electron chi connectivity index (χ4n) is 7.91. The number of rotatable bonds is 5. The van der Waals surface area contributed by atoms with E-state index in [9.17, 15) is 4.79 Å². The zero-order valence-corrected chi connectivity index (χ0v) is 23.1. The first-order valence-electron chi connectivity index (χ1n) is 13.8. The van der Waals surface area contributed by atoms with Crippen molar-refractivity contribution in [1.82, 2.24) is 9.55 Å². The summed E-state index contributed by atoms with van der Waals surface area (Å²) >= 11 is 1.77. The van der Waals surface area contributed by atoms with Gasteiger partial charge in [-0.1, -0.05) is 25.1 Å². The topological polar surface area (TPSA) is 53.4 Å². The molecule has 0 amide bonds. The molecule has 5 nitrogen and oxygen atoms in total. The molecule has 0 aliphatic heterocycles. The maximum absolute atomic E-state index is 13.9. The first-order chi connectivity index (χ1) is 18.5. The summed E-state index contributed by atoms with van der Waals surface area (Å²) in [6, 6.07) is 14.8. The molecule has 2 aromatic carbocycles. The van der Waals surface area contributed by atoms with Crippen LogP contribution in [-0.4, -0.2) is 23.8 Å². The van der Waals surface area contributed by atoms with Crippen LogP contribution in [0.1, 0.15) is 59.2 Å². The van der Waals surface area contributed by atoms with Gasteiger partial charge in [-0.3, -0.25) is 9.36 Å². The summed E-state index contributed by atoms with van der Waals surface area (Å²) in [6.45, 7) is 3.08. The first kappa shape index (κ1) is 24.0. The van der Waals surface area contributed by atoms with Crippen LogP contribution < -0.4 is 15.0 Å². The molecular weight excluding hydrogens is 492 g/mol. The highest BCUT2D eigenvalue weighted by molar-refractivity contribution is 7.18. The quantitative estimate of drug-likeness (QED) is 0.307. The van der Waals surface area contributed by atoms with Crippen LogP contribution in [0.15, 0.2) is 53.6 Å². The molecule has 6 heteroatoms. The molecule has 38 heavy (non-hydrogen) atoms. The number of methoxy groups -OCH3 is 2. The van der Waals surface area contributed by atoms with Crippen molar-refractivity contribution in [3.05, 3.63) is 86.3 Å². The van der Waals surface area contributed by atoms with Crippen LogP contribution in [0.2, 0.25) is 0 Å². The van der Waals surface area contributed by atoms with Crippen LogP contribution in [0.5, 0.6) is 11.5 Å². The molecule has 0 bridgehead atoms. The summed E-state index contributed by atoms with van der Waals surface area (Å²) in [5, 5.41) is 0.895. The summed E-state index contributed by atoms with van der Waals surface area (Å²) in [4.78, 5) is 21.0. The SMILES string of the molecule is COc1ccc(CCn2cnc3sc4c(c3c2=O)[C@]2(C)CC[C@H]3c5ccc(OC)cc5CC[C@@H]3[C@@H]2C4)cc1. The molecule has 3 aliphatic rings. The zero-order chi connectivity index (χ0) is 26.0. The van der Waals surface area contributed by atoms with Crippen molar-refractivity contribution in [3.8, 4) is 11.5 Å². The first-order valence-corrected chi connectivity index (χ1v) is 14.6. The standard InChI is InChI=1S/C32H34N2O3S/c1-32-14-12-24-23-11-9-22(37-3)16-20(23)6-10-25(24)26(32)17-27-29(32)28-30(38-27)33-18-34(31(28)35)15-13-19-4-7-21(36-2)8-5-19/h4-5,7-9,11,16,18,24-26H,6,10,12-15,17H2,1-3H3/t24-,25-,26-,32+/m0/s1. The molecule has 2 aromatic heterocycles. The lowest BCUT2D eigenvalue weighted by molar-refractivity contribution is 0.106. The molecule has 4 atom stereocenters. The van der Waals surface area contributed by atoms with Gasteiger partial charge in [0.25, 0.3) is 5.56 Å². The van der Waals surface area contributed by atoms with Gasteiger partial charge in [0, 0.05) is 11.4 Å². The van der Waals surface area contributed by atoms with Crippen LogP contribution in [0.25, 0.3) is 10.2 Å². The van der Waals surface area contributed by atoms with E-state index in [0.717, 1.165) is 47.4 Å². The second kappa shape index (κ2) is 8.98. The molecule has 0 spiro atoms. The monoisotopic (exact) mass is 526 g/mol. The van der Waals surface area contributed by atoms with Crippen LogP contribution in [0.3, 0.4) is 0 Å². The Kier molecular flexibility index (Phi) is 5.66. The van der Waals surface area contributed by atoms with E-state index in [0.29, 0.717) is 24.3 Å². The van der Waals surface area contributed by atoms with Gasteiger partial charge < -0.3 is 9.47 Å². The lowest BCUT2D eigenvalue weighted by Gasteiger charge is -2.49. The van der Waals surface area contributed by atoms with Crippen molar-refractivity contribution in [2.75, 3.05) is 14.2 Å². The van der Waals surface area contributed by atoms with Gasteiger partial charge >= 0.3 is 0 Å². The Hall–Kier alpha value is -3.12. The van der Waals surface area contributed by atoms with Crippen LogP contribution >= 0.6 is 11.3 Å². The van der Waals surface area contributed by atoms with Gasteiger partial charge in [0.2, 0.25) is 0 Å². The van der Waals surface area contributed by atoms with E-state index in [1.165, 1.54) is 40.0 Å². The maximum atomic E-state index is 13.9. The third-order valence-corrected chi connectivity index (χ3v) is 11.0. The van der Waals surface area contributed by atoms with Gasteiger partial charge in [-0.15, -0.1) is 11.3 Å². The molecule has 3 aliphatic carbocycles. The second-order valence-corrected chi connectivity index (χ2v) is 12.6. The molecule has 0 unspecified atom stereocenters. The zero-order valence-electron chi connectivity index (χ0n) is 22.3. The molecule has 0 saturated heterocycles. The third kappa shape index (κ3) is 3.56. The fourth-order valence-corrected chi connectivity index (χ4v) is 9.24. The van der Waals surface area contributed by atoms with E-state index in [1.807, 2.05) is 16.7 Å². The summed E-state index contributed by atoms with van der Waals surface area (Å²) < 4.78 is 12.6. The van der Waals surface area contributed by atoms with Crippen LogP contribution in [-0.2, 0) is 31.2 Å². The van der Waals surface area contributed by atoms with Crippen LogP contribution in [0, 0.1) is 11.8 Å². The minimum absolute atomic E-state index is 0.0503. The summed E-state index contributed by atoms with van der Waals surface area (Å²) in [7, 11) is 3.43. The number of nitrogens with zero attached hydrogens (tertiary/aromatic N) is 2. The van der Waals surface area contributed by atoms with Crippen LogP contribution in [0.4, 0.5) is 0 Å². The smallest absolute Gasteiger partial charge is 0.262 e. The van der Waals surface area contributed by atoms with Crippen molar-refractivity contribution in [2.24, 2.45) is 11.8 Å². The molecule has 0 N–H and O–H groups in total. The van der Waals surface area contributed by atoms with Crippen molar-refractivity contribution in [2.45, 2.75) is 63.3 Å². The fraction of sp³-hybridized carbons (Fsp3) is 0.438. The van der Waals surface area contributed by atoms with Gasteiger partial charge in [0.15, 0.2) is 0 Å². The predicted octanol–water partition coefficient (Wildman–Crippen LogP) is 6.29. The minimum atomic E-state index is 0.0503. The second-order valence-electron chi connectivity index (χ2n) is 11.6. The van der Waals surface area contributed by atoms with Gasteiger partial charge in [-0.05, 0) is 108 Å². The van der Waals surface area contributed by atoms with E-state index < -0.39 is 0 Å². The van der Waals surface area contributed by atoms with E-state index >= 15 is 0 Å². The van der Waals surface area contributed by atoms with E-state index in [2.05, 4.69) is 37.3 Å². The molecule has 196 valence electrons. The Morgan fingerprint density at radius 3 is 2.66 bits per heavy atom. The molecule has 0 radical (unpaired) electrons. The van der Waals surface area contributed by atoms with Crippen molar-refractivity contribution in [1.29, 1.82) is 0 Å². The predicted molar refractivity (Wildman–Crippen MR) is 152 cm³/mol. The van der Waals surface area contributed by atoms with E-state index in [-0.39, 0.29) is 11.0 Å². The Bertz CT molecular complexity index is 1590. The average Bonchev–Trinajstić information content (AvgIpc) is 3.47. The molecule has 1 fully saturated rings. The van der Waals surface area contributed by atoms with Crippen molar-refractivity contribution < 1.29 is 9.47 Å². The highest BCUT2D eigenvalue weighted by atomic mass is 32.1. The Morgan fingerprint density at radius 2 is 1.87 bits per heavy atom. The largest absolute Gasteiger partial charge is 0.497 e. The third-order valence-electron chi connectivity index (χ3n) is 9.85. The lowest BCUT2D eigenvalue weighted by Crippen LogP contribution is -2.43. The number of fused-ring (bicyclic) bond motifs is 9. The highest BCUT2D eigenvalue weighted by Gasteiger charge is 2.54. The number of hydrogen-bond acceptors (Lipinski definition) is 5. The van der Waals surface area contributed by atoms with Gasteiger partial charge in [0.1, 0.15) is 16.3 Å². The molecular formula is C32H34N2O3S. The van der Waals surface area contributed by atoms with E-state index in [4.69, 9.17) is 14.5 Å². The van der Waals surface area contributed by atoms with E-state index in [1.54, 1.807) is 31.9 Å². The Labute approximate surface area is 227 Å². The maximum Gasteiger partial charge on any atom is 0.262 e. The molecule has 1 saturated carbocycles. The number of aromatic nitrogens is 2. The Morgan fingerprint density at radius 1 is 1.08 bits per heavy atom. The molecule has 2 heterocycles. The summed E-state index contributed by atoms with van der Waals surface area (Å²) in [6.07, 6.45) is 8.28. The average molecular weight is 527 g/mol. The molecule has 4 aromatic rings. The Balaban J connectivity index is 1.20. The summed E-state index contributed by atoms with van der Waals surface area (Å²) in [5.41, 5.74) is 5.70. The van der Waals surface area contributed by atoms with Gasteiger partial charge in [-0.2, -0.15) is 0 Å². The minimum Gasteiger partial charge on any atom is -0.497 e. The number of aryl methyl sites for hydroxylation is 3. The van der Waals surface area contributed by atoms with Crippen molar-refractivity contribution >= 4 is 21.6 Å². The molecule has 7 rings (SSSR count). The van der Waals surface area contributed by atoms with Gasteiger partial charge in [-0.25, -0.2) is 4.98 Å². The normalized spacial score (nSPS) is 25.4. The summed E-state index contributed by atoms with van der Waals surface area (Å²) in [5.74, 6) is 3.68. The number of hydrogen-bond donors (Lipinski definition) is 0. The lowest BCUT2D eigenvalue weighted by atomic mass is 9.55.